The van der Waals surface area contributed by atoms with Crippen LogP contribution in [0.5, 0.6) is 0 Å². The van der Waals surface area contributed by atoms with E-state index in [4.69, 9.17) is 11.1 Å². The van der Waals surface area contributed by atoms with Gasteiger partial charge in [0.1, 0.15) is 5.82 Å². The third-order valence-electron chi connectivity index (χ3n) is 2.48. The van der Waals surface area contributed by atoms with E-state index in [-0.39, 0.29) is 10.7 Å². The van der Waals surface area contributed by atoms with Crippen molar-refractivity contribution in [2.24, 2.45) is 10.7 Å². The molecule has 1 aromatic carbocycles. The molecule has 5 nitrogen and oxygen atoms in total. The molecule has 4 N–H and O–H groups in total. The number of thioether (sulfide) groups is 1. The fourth-order valence-corrected chi connectivity index (χ4v) is 2.08. The van der Waals surface area contributed by atoms with Gasteiger partial charge in [-0.2, -0.15) is 4.99 Å². The molecule has 1 aromatic heterocycles. The van der Waals surface area contributed by atoms with E-state index in [1.165, 1.54) is 24.3 Å². The van der Waals surface area contributed by atoms with Gasteiger partial charge in [0.2, 0.25) is 5.04 Å². The van der Waals surface area contributed by atoms with Gasteiger partial charge in [0.25, 0.3) is 5.91 Å². The molecule has 0 unspecified atom stereocenters. The summed E-state index contributed by atoms with van der Waals surface area (Å²) in [5.41, 5.74) is 6.67. The molecule has 0 spiro atoms. The van der Waals surface area contributed by atoms with Crippen molar-refractivity contribution >= 4 is 27.9 Å². The number of hydrogen-bond acceptors (Lipinski definition) is 3. The Kier molecular flexibility index (Phi) is 4.78. The predicted octanol–water partition coefficient (Wildman–Crippen LogP) is 0.615. The van der Waals surface area contributed by atoms with Crippen LogP contribution in [-0.4, -0.2) is 21.1 Å². The molecule has 0 fully saturated rings. The van der Waals surface area contributed by atoms with Gasteiger partial charge in [-0.15, -0.1) is 0 Å². The molecular weight excluding hydrogens is 291 g/mol. The Labute approximate surface area is 124 Å². The van der Waals surface area contributed by atoms with Gasteiger partial charge >= 0.3 is 0 Å². The van der Waals surface area contributed by atoms with Crippen molar-refractivity contribution in [3.63, 3.8) is 0 Å². The standard InChI is InChI=1S/C14H11FN4OS/c15-11-3-1-10(2-4-11)13(20)19-14(17)21-12(16)9-5-7-18-8-6-9/h1-8,16H,(H2,17,19,20)/p+1. The number of amides is 1. The van der Waals surface area contributed by atoms with Gasteiger partial charge in [0, 0.05) is 29.7 Å². The minimum absolute atomic E-state index is 0.0126. The first-order valence-electron chi connectivity index (χ1n) is 5.91. The molecule has 0 aliphatic rings. The maximum absolute atomic E-state index is 12.8. The van der Waals surface area contributed by atoms with Crippen LogP contribution in [0.4, 0.5) is 4.39 Å². The fraction of sp³-hybridized carbons (Fsp3) is 0. The zero-order valence-corrected chi connectivity index (χ0v) is 11.7. The minimum atomic E-state index is -0.553. The van der Waals surface area contributed by atoms with Crippen LogP contribution in [0.15, 0.2) is 53.8 Å². The highest BCUT2D eigenvalue weighted by Gasteiger charge is 2.12. The topological polar surface area (TPSA) is 93.9 Å². The molecule has 1 amide bonds. The number of pyridine rings is 1. The lowest BCUT2D eigenvalue weighted by Crippen LogP contribution is -2.39. The van der Waals surface area contributed by atoms with Crippen LogP contribution in [-0.2, 0) is 0 Å². The number of carbonyl (C=O) groups excluding carboxylic acids is 1. The molecule has 0 aliphatic heterocycles. The number of halogens is 1. The molecule has 1 heterocycles. The quantitative estimate of drug-likeness (QED) is 0.628. The second kappa shape index (κ2) is 6.76. The normalized spacial score (nSPS) is 11.2. The fourth-order valence-electron chi connectivity index (χ4n) is 1.47. The lowest BCUT2D eigenvalue weighted by molar-refractivity contribution is -0.107. The van der Waals surface area contributed by atoms with Gasteiger partial charge < -0.3 is 5.73 Å². The van der Waals surface area contributed by atoms with Gasteiger partial charge in [0.05, 0.1) is 5.56 Å². The molecule has 7 heteroatoms. The average Bonchev–Trinajstić information content (AvgIpc) is 2.48. The Balaban J connectivity index is 2.05. The Bertz CT molecular complexity index is 686. The number of amidine groups is 1. The largest absolute Gasteiger partial charge is 0.378 e. The van der Waals surface area contributed by atoms with Gasteiger partial charge in [-0.3, -0.25) is 9.78 Å². The van der Waals surface area contributed by atoms with Gasteiger partial charge in [-0.05, 0) is 36.4 Å². The lowest BCUT2D eigenvalue weighted by Gasteiger charge is -1.99. The molecule has 2 aromatic rings. The summed E-state index contributed by atoms with van der Waals surface area (Å²) >= 11 is 0.978. The number of aliphatic imine (C=N–C) groups is 1. The summed E-state index contributed by atoms with van der Waals surface area (Å²) in [5, 5.41) is 6.28. The van der Waals surface area contributed by atoms with E-state index >= 15 is 0 Å². The number of aromatic nitrogens is 1. The lowest BCUT2D eigenvalue weighted by atomic mass is 10.2. The van der Waals surface area contributed by atoms with Crippen LogP contribution in [0.2, 0.25) is 0 Å². The van der Waals surface area contributed by atoms with E-state index in [9.17, 15) is 9.18 Å². The number of nitrogens with two attached hydrogens (primary N) is 2. The molecule has 21 heavy (non-hydrogen) atoms. The van der Waals surface area contributed by atoms with Crippen LogP contribution in [0.3, 0.4) is 0 Å². The Morgan fingerprint density at radius 1 is 1.14 bits per heavy atom. The summed E-state index contributed by atoms with van der Waals surface area (Å²) < 4.78 is 12.8. The molecule has 0 saturated carbocycles. The second-order valence-electron chi connectivity index (χ2n) is 3.96. The highest BCUT2D eigenvalue weighted by atomic mass is 32.2. The number of carbonyl (C=O) groups is 1. The van der Waals surface area contributed by atoms with Crippen molar-refractivity contribution in [1.82, 2.24) is 4.98 Å². The van der Waals surface area contributed by atoms with E-state index in [1.807, 2.05) is 0 Å². The summed E-state index contributed by atoms with van der Waals surface area (Å²) in [6, 6.07) is 8.49. The van der Waals surface area contributed by atoms with Gasteiger partial charge in [0.15, 0.2) is 5.17 Å². The first kappa shape index (κ1) is 14.9. The van der Waals surface area contributed by atoms with Crippen LogP contribution in [0.25, 0.3) is 0 Å². The van der Waals surface area contributed by atoms with E-state index in [0.29, 0.717) is 5.04 Å². The van der Waals surface area contributed by atoms with Crippen molar-refractivity contribution in [3.05, 3.63) is 65.7 Å². The molecule has 0 bridgehead atoms. The number of nitrogens with zero attached hydrogens (tertiary/aromatic N) is 2. The van der Waals surface area contributed by atoms with Crippen molar-refractivity contribution in [2.45, 2.75) is 0 Å². The third kappa shape index (κ3) is 4.22. The molecule has 0 atom stereocenters. The average molecular weight is 303 g/mol. The molecule has 106 valence electrons. The molecule has 0 aliphatic carbocycles. The Morgan fingerprint density at radius 2 is 1.76 bits per heavy atom. The third-order valence-corrected chi connectivity index (χ3v) is 3.24. The molecule has 0 saturated heterocycles. The van der Waals surface area contributed by atoms with Crippen LogP contribution >= 0.6 is 11.8 Å². The van der Waals surface area contributed by atoms with Crippen LogP contribution in [0, 0.1) is 5.82 Å². The van der Waals surface area contributed by atoms with Crippen molar-refractivity contribution in [3.8, 4) is 0 Å². The number of benzene rings is 1. The van der Waals surface area contributed by atoms with E-state index < -0.39 is 11.7 Å². The van der Waals surface area contributed by atoms with Crippen LogP contribution < -0.4 is 11.1 Å². The predicted molar refractivity (Wildman–Crippen MR) is 80.2 cm³/mol. The van der Waals surface area contributed by atoms with E-state index in [2.05, 4.69) is 9.98 Å². The summed E-state index contributed by atoms with van der Waals surface area (Å²) in [7, 11) is 0. The van der Waals surface area contributed by atoms with Crippen molar-refractivity contribution in [2.75, 3.05) is 0 Å². The SMILES string of the molecule is NC(=NC(=O)c1ccc(F)cc1)SC(=[NH2+])c1ccncc1. The minimum Gasteiger partial charge on any atom is -0.378 e. The zero-order chi connectivity index (χ0) is 15.2. The van der Waals surface area contributed by atoms with E-state index in [1.54, 1.807) is 24.5 Å². The highest BCUT2D eigenvalue weighted by Crippen LogP contribution is 2.10. The van der Waals surface area contributed by atoms with Crippen molar-refractivity contribution in [1.29, 1.82) is 0 Å². The summed E-state index contributed by atoms with van der Waals surface area (Å²) in [5.74, 6) is -0.976. The first-order valence-corrected chi connectivity index (χ1v) is 6.72. The summed E-state index contributed by atoms with van der Waals surface area (Å²) in [6.07, 6.45) is 3.19. The maximum Gasteiger partial charge on any atom is 0.279 e. The maximum atomic E-state index is 12.8. The summed E-state index contributed by atoms with van der Waals surface area (Å²) in [6.45, 7) is 0. The number of hydrogen-bond donors (Lipinski definition) is 2. The monoisotopic (exact) mass is 303 g/mol. The molecule has 2 rings (SSSR count). The molecule has 0 radical (unpaired) electrons. The highest BCUT2D eigenvalue weighted by molar-refractivity contribution is 8.26. The van der Waals surface area contributed by atoms with Gasteiger partial charge in [-0.25, -0.2) is 9.80 Å². The first-order chi connectivity index (χ1) is 10.1. The van der Waals surface area contributed by atoms with Crippen LogP contribution in [0.1, 0.15) is 15.9 Å². The Morgan fingerprint density at radius 3 is 2.38 bits per heavy atom. The zero-order valence-electron chi connectivity index (χ0n) is 10.9. The Hall–Kier alpha value is -2.54. The van der Waals surface area contributed by atoms with E-state index in [0.717, 1.165) is 17.3 Å². The number of rotatable bonds is 2. The molecular formula is C14H12FN4OS+. The summed E-state index contributed by atoms with van der Waals surface area (Å²) in [4.78, 5) is 19.4. The van der Waals surface area contributed by atoms with Gasteiger partial charge in [-0.1, -0.05) is 0 Å². The second-order valence-corrected chi connectivity index (χ2v) is 5.03. The smallest absolute Gasteiger partial charge is 0.279 e. The van der Waals surface area contributed by atoms with Crippen molar-refractivity contribution < 1.29 is 14.6 Å².